The summed E-state index contributed by atoms with van der Waals surface area (Å²) in [6.07, 6.45) is 2.60. The van der Waals surface area contributed by atoms with Crippen LogP contribution in [-0.4, -0.2) is 17.0 Å². The molecule has 1 aromatic carbocycles. The van der Waals surface area contributed by atoms with E-state index in [0.29, 0.717) is 19.3 Å². The van der Waals surface area contributed by atoms with Gasteiger partial charge >= 0.3 is 5.97 Å². The summed E-state index contributed by atoms with van der Waals surface area (Å²) in [5.41, 5.74) is 2.02. The highest BCUT2D eigenvalue weighted by atomic mass is 16.4. The summed E-state index contributed by atoms with van der Waals surface area (Å²) in [4.78, 5) is 21.8. The molecule has 1 amide bonds. The molecule has 2 N–H and O–H groups in total. The number of hydrogen-bond donors (Lipinski definition) is 2. The van der Waals surface area contributed by atoms with Crippen LogP contribution in [0.15, 0.2) is 24.3 Å². The van der Waals surface area contributed by atoms with Crippen LogP contribution in [-0.2, 0) is 16.0 Å². The Hall–Kier alpha value is -1.84. The first-order valence-electron chi connectivity index (χ1n) is 6.22. The third-order valence-electron chi connectivity index (χ3n) is 2.69. The Labute approximate surface area is 107 Å². The molecule has 0 spiro atoms. The first-order valence-corrected chi connectivity index (χ1v) is 6.22. The van der Waals surface area contributed by atoms with Gasteiger partial charge in [-0.05, 0) is 37.0 Å². The molecule has 0 saturated heterocycles. The summed E-state index contributed by atoms with van der Waals surface area (Å²) in [6.45, 7) is 2.08. The molecule has 0 aliphatic heterocycles. The maximum Gasteiger partial charge on any atom is 0.303 e. The van der Waals surface area contributed by atoms with Crippen molar-refractivity contribution >= 4 is 17.6 Å². The Morgan fingerprint density at radius 2 is 1.72 bits per heavy atom. The Morgan fingerprint density at radius 3 is 2.28 bits per heavy atom. The van der Waals surface area contributed by atoms with E-state index in [-0.39, 0.29) is 12.3 Å². The number of carboxylic acids is 1. The lowest BCUT2D eigenvalue weighted by atomic mass is 10.1. The van der Waals surface area contributed by atoms with Crippen LogP contribution < -0.4 is 5.32 Å². The molecule has 0 heterocycles. The van der Waals surface area contributed by atoms with Gasteiger partial charge in [-0.25, -0.2) is 0 Å². The molecule has 0 fully saturated rings. The van der Waals surface area contributed by atoms with Gasteiger partial charge < -0.3 is 10.4 Å². The third kappa shape index (κ3) is 5.48. The number of nitrogens with one attached hydrogen (secondary N) is 1. The van der Waals surface area contributed by atoms with Gasteiger partial charge in [-0.1, -0.05) is 19.1 Å². The van der Waals surface area contributed by atoms with E-state index >= 15 is 0 Å². The summed E-state index contributed by atoms with van der Waals surface area (Å²) >= 11 is 0. The smallest absolute Gasteiger partial charge is 0.303 e. The number of benzene rings is 1. The molecule has 0 atom stereocenters. The molecule has 0 saturated carbocycles. The van der Waals surface area contributed by atoms with Crippen LogP contribution in [0.2, 0.25) is 0 Å². The number of carboxylic acid groups (broad SMARTS) is 1. The molecule has 4 nitrogen and oxygen atoms in total. The Balaban J connectivity index is 2.28. The molecular formula is C14H19NO3. The molecule has 98 valence electrons. The summed E-state index contributed by atoms with van der Waals surface area (Å²) in [7, 11) is 0. The van der Waals surface area contributed by atoms with E-state index in [0.717, 1.165) is 12.1 Å². The summed E-state index contributed by atoms with van der Waals surface area (Å²) in [5.74, 6) is -0.879. The number of aliphatic carboxylic acids is 1. The highest BCUT2D eigenvalue weighted by Crippen LogP contribution is 2.11. The maximum absolute atomic E-state index is 11.6. The maximum atomic E-state index is 11.6. The fourth-order valence-electron chi connectivity index (χ4n) is 1.61. The van der Waals surface area contributed by atoms with Crippen LogP contribution in [0, 0.1) is 0 Å². The minimum Gasteiger partial charge on any atom is -0.481 e. The molecule has 4 heteroatoms. The first kappa shape index (κ1) is 14.2. The van der Waals surface area contributed by atoms with Crippen molar-refractivity contribution in [1.82, 2.24) is 0 Å². The van der Waals surface area contributed by atoms with Crippen molar-refractivity contribution in [2.45, 2.75) is 39.0 Å². The van der Waals surface area contributed by atoms with Crippen molar-refractivity contribution < 1.29 is 14.7 Å². The minimum absolute atomic E-state index is 0.0652. The molecular weight excluding hydrogens is 230 g/mol. The largest absolute Gasteiger partial charge is 0.481 e. The fraction of sp³-hybridized carbons (Fsp3) is 0.429. The molecule has 0 aromatic heterocycles. The number of hydrogen-bond acceptors (Lipinski definition) is 2. The monoisotopic (exact) mass is 249 g/mol. The second-order valence-corrected chi connectivity index (χ2v) is 4.20. The standard InChI is InChI=1S/C14H19NO3/c1-2-11-7-9-12(10-8-11)15-13(16)5-3-4-6-14(17)18/h7-10H,2-6H2,1H3,(H,15,16)(H,17,18). The first-order chi connectivity index (χ1) is 8.61. The second kappa shape index (κ2) is 7.48. The van der Waals surface area contributed by atoms with Crippen LogP contribution in [0.1, 0.15) is 38.2 Å². The van der Waals surface area contributed by atoms with Gasteiger partial charge in [0.15, 0.2) is 0 Å². The average molecular weight is 249 g/mol. The van der Waals surface area contributed by atoms with Crippen LogP contribution in [0.5, 0.6) is 0 Å². The van der Waals surface area contributed by atoms with Gasteiger partial charge in [0.05, 0.1) is 0 Å². The summed E-state index contributed by atoms with van der Waals surface area (Å²) in [6, 6.07) is 7.74. The molecule has 1 aromatic rings. The number of unbranched alkanes of at least 4 members (excludes halogenated alkanes) is 1. The molecule has 0 aliphatic rings. The van der Waals surface area contributed by atoms with E-state index in [2.05, 4.69) is 12.2 Å². The molecule has 0 radical (unpaired) electrons. The zero-order valence-electron chi connectivity index (χ0n) is 10.6. The molecule has 0 bridgehead atoms. The van der Waals surface area contributed by atoms with Gasteiger partial charge in [-0.2, -0.15) is 0 Å². The number of carbonyl (C=O) groups excluding carboxylic acids is 1. The lowest BCUT2D eigenvalue weighted by Gasteiger charge is -2.05. The van der Waals surface area contributed by atoms with Gasteiger partial charge in [0, 0.05) is 18.5 Å². The normalized spacial score (nSPS) is 10.1. The minimum atomic E-state index is -0.814. The summed E-state index contributed by atoms with van der Waals surface area (Å²) < 4.78 is 0. The molecule has 0 unspecified atom stereocenters. The van der Waals surface area contributed by atoms with E-state index in [4.69, 9.17) is 5.11 Å². The van der Waals surface area contributed by atoms with Crippen molar-refractivity contribution in [2.75, 3.05) is 5.32 Å². The van der Waals surface area contributed by atoms with Crippen molar-refractivity contribution in [3.63, 3.8) is 0 Å². The number of rotatable bonds is 7. The van der Waals surface area contributed by atoms with Crippen LogP contribution in [0.3, 0.4) is 0 Å². The van der Waals surface area contributed by atoms with Crippen molar-refractivity contribution in [3.05, 3.63) is 29.8 Å². The quantitative estimate of drug-likeness (QED) is 0.730. The molecule has 18 heavy (non-hydrogen) atoms. The van der Waals surface area contributed by atoms with Crippen LogP contribution in [0.25, 0.3) is 0 Å². The van der Waals surface area contributed by atoms with Gasteiger partial charge in [0.2, 0.25) is 5.91 Å². The molecule has 0 aliphatic carbocycles. The van der Waals surface area contributed by atoms with Crippen LogP contribution in [0.4, 0.5) is 5.69 Å². The van der Waals surface area contributed by atoms with E-state index in [1.54, 1.807) is 0 Å². The van der Waals surface area contributed by atoms with E-state index < -0.39 is 5.97 Å². The van der Waals surface area contributed by atoms with Gasteiger partial charge in [-0.3, -0.25) is 9.59 Å². The average Bonchev–Trinajstić information content (AvgIpc) is 2.35. The summed E-state index contributed by atoms with van der Waals surface area (Å²) in [5, 5.41) is 11.3. The van der Waals surface area contributed by atoms with Gasteiger partial charge in [-0.15, -0.1) is 0 Å². The zero-order chi connectivity index (χ0) is 13.4. The lowest BCUT2D eigenvalue weighted by molar-refractivity contribution is -0.137. The SMILES string of the molecule is CCc1ccc(NC(=O)CCCCC(=O)O)cc1. The second-order valence-electron chi connectivity index (χ2n) is 4.20. The number of aryl methyl sites for hydroxylation is 1. The Kier molecular flexibility index (Phi) is 5.91. The highest BCUT2D eigenvalue weighted by molar-refractivity contribution is 5.90. The number of carbonyl (C=O) groups is 2. The van der Waals surface area contributed by atoms with Crippen molar-refractivity contribution in [3.8, 4) is 0 Å². The van der Waals surface area contributed by atoms with E-state index in [9.17, 15) is 9.59 Å². The fourth-order valence-corrected chi connectivity index (χ4v) is 1.61. The van der Waals surface area contributed by atoms with Crippen LogP contribution >= 0.6 is 0 Å². The number of amides is 1. The Morgan fingerprint density at radius 1 is 1.11 bits per heavy atom. The Bertz CT molecular complexity index is 398. The van der Waals surface area contributed by atoms with Crippen molar-refractivity contribution in [1.29, 1.82) is 0 Å². The zero-order valence-corrected chi connectivity index (χ0v) is 10.6. The van der Waals surface area contributed by atoms with E-state index in [1.165, 1.54) is 5.56 Å². The topological polar surface area (TPSA) is 66.4 Å². The third-order valence-corrected chi connectivity index (χ3v) is 2.69. The predicted octanol–water partition coefficient (Wildman–Crippen LogP) is 2.83. The van der Waals surface area contributed by atoms with Gasteiger partial charge in [0.1, 0.15) is 0 Å². The van der Waals surface area contributed by atoms with E-state index in [1.807, 2.05) is 24.3 Å². The van der Waals surface area contributed by atoms with Crippen molar-refractivity contribution in [2.24, 2.45) is 0 Å². The highest BCUT2D eigenvalue weighted by Gasteiger charge is 2.03. The molecule has 1 rings (SSSR count). The lowest BCUT2D eigenvalue weighted by Crippen LogP contribution is -2.11. The predicted molar refractivity (Wildman–Crippen MR) is 70.6 cm³/mol. The number of anilines is 1. The van der Waals surface area contributed by atoms with Gasteiger partial charge in [0.25, 0.3) is 0 Å².